The van der Waals surface area contributed by atoms with Gasteiger partial charge in [-0.2, -0.15) is 17.6 Å². The number of rotatable bonds is 2. The van der Waals surface area contributed by atoms with E-state index >= 15 is 0 Å². The largest absolute Gasteiger partial charge is 0.433 e. The molecule has 0 fully saturated rings. The molecule has 1 nitrogen and oxygen atoms in total. The van der Waals surface area contributed by atoms with Crippen LogP contribution < -0.4 is 4.74 Å². The summed E-state index contributed by atoms with van der Waals surface area (Å²) in [6.45, 7) is 0. The molecule has 0 aromatic heterocycles. The van der Waals surface area contributed by atoms with Gasteiger partial charge in [-0.05, 0) is 12.1 Å². The Morgan fingerprint density at radius 2 is 1.67 bits per heavy atom. The minimum Gasteiger partial charge on any atom is -0.431 e. The monoisotopic (exact) mass is 240 g/mol. The zero-order chi connectivity index (χ0) is 11.5. The van der Waals surface area contributed by atoms with Crippen LogP contribution in [0, 0.1) is 0 Å². The van der Waals surface area contributed by atoms with Crippen molar-refractivity contribution in [2.75, 3.05) is 0 Å². The molecule has 0 heterocycles. The number of hydrogen-bond acceptors (Lipinski definition) is 1. The summed E-state index contributed by atoms with van der Waals surface area (Å²) in [7, 11) is 0. The predicted molar refractivity (Wildman–Crippen MR) is 47.1 cm³/mol. The van der Waals surface area contributed by atoms with Gasteiger partial charge in [-0.3, -0.25) is 0 Å². The Kier molecular flexibility index (Phi) is 3.57. The van der Waals surface area contributed by atoms with Gasteiger partial charge in [-0.25, -0.2) is 0 Å². The zero-order valence-corrected chi connectivity index (χ0v) is 7.94. The number of para-hydroxylation sites is 1. The van der Waals surface area contributed by atoms with Gasteiger partial charge in [0.2, 0.25) is 0 Å². The Morgan fingerprint density at radius 3 is 2.13 bits per heavy atom. The molecule has 0 spiro atoms. The summed E-state index contributed by atoms with van der Waals surface area (Å²) in [4.78, 5) is 0. The second-order valence-electron chi connectivity index (χ2n) is 2.50. The van der Waals surface area contributed by atoms with Gasteiger partial charge in [0.25, 0.3) is 0 Å². The lowest BCUT2D eigenvalue weighted by Gasteiger charge is -2.07. The van der Waals surface area contributed by atoms with E-state index in [-0.39, 0.29) is 5.75 Å². The summed E-state index contributed by atoms with van der Waals surface area (Å²) in [5.41, 5.74) is 0. The van der Waals surface area contributed by atoms with Crippen molar-refractivity contribution in [2.24, 2.45) is 0 Å². The van der Waals surface area contributed by atoms with Crippen LogP contribution in [0.5, 0.6) is 5.75 Å². The second-order valence-corrected chi connectivity index (χ2v) is 2.88. The Bertz CT molecular complexity index is 358. The number of hydrogen-bond donors (Lipinski definition) is 0. The van der Waals surface area contributed by atoms with E-state index in [4.69, 9.17) is 11.6 Å². The minimum absolute atomic E-state index is 0.0580. The van der Waals surface area contributed by atoms with Gasteiger partial charge in [0, 0.05) is 0 Å². The second kappa shape index (κ2) is 4.53. The average molecular weight is 241 g/mol. The van der Waals surface area contributed by atoms with Gasteiger partial charge in [-0.15, -0.1) is 0 Å². The molecule has 0 aliphatic carbocycles. The Morgan fingerprint density at radius 1 is 1.13 bits per heavy atom. The first-order chi connectivity index (χ1) is 6.91. The summed E-state index contributed by atoms with van der Waals surface area (Å²) >= 11 is 4.71. The molecule has 0 unspecified atom stereocenters. The fourth-order valence-corrected chi connectivity index (χ4v) is 0.787. The van der Waals surface area contributed by atoms with Crippen molar-refractivity contribution in [1.82, 2.24) is 0 Å². The highest BCUT2D eigenvalue weighted by Crippen LogP contribution is 2.32. The van der Waals surface area contributed by atoms with Crippen molar-refractivity contribution in [3.63, 3.8) is 0 Å². The van der Waals surface area contributed by atoms with E-state index in [1.807, 2.05) is 0 Å². The van der Waals surface area contributed by atoms with E-state index < -0.39 is 17.2 Å². The molecule has 0 saturated carbocycles. The lowest BCUT2D eigenvalue weighted by molar-refractivity contribution is -0.0883. The smallest absolute Gasteiger partial charge is 0.431 e. The first-order valence-electron chi connectivity index (χ1n) is 3.76. The molecule has 0 N–H and O–H groups in total. The van der Waals surface area contributed by atoms with E-state index in [1.54, 1.807) is 6.07 Å². The highest BCUT2D eigenvalue weighted by atomic mass is 35.5. The molecule has 0 amide bonds. The first-order valence-corrected chi connectivity index (χ1v) is 4.14. The third-order valence-corrected chi connectivity index (χ3v) is 1.73. The van der Waals surface area contributed by atoms with Crippen molar-refractivity contribution in [2.45, 2.75) is 6.18 Å². The molecule has 0 saturated heterocycles. The van der Waals surface area contributed by atoms with Crippen LogP contribution in [-0.4, -0.2) is 6.18 Å². The molecule has 1 rings (SSSR count). The molecular formula is C9H5ClF4O. The van der Waals surface area contributed by atoms with Crippen LogP contribution in [0.25, 0.3) is 0 Å². The molecule has 82 valence electrons. The highest BCUT2D eigenvalue weighted by Gasteiger charge is 2.37. The summed E-state index contributed by atoms with van der Waals surface area (Å²) < 4.78 is 52.7. The van der Waals surface area contributed by atoms with Crippen LogP contribution >= 0.6 is 11.6 Å². The van der Waals surface area contributed by atoms with Gasteiger partial charge in [0.1, 0.15) is 5.75 Å². The van der Waals surface area contributed by atoms with E-state index in [2.05, 4.69) is 4.74 Å². The molecule has 0 atom stereocenters. The third kappa shape index (κ3) is 3.43. The molecular weight excluding hydrogens is 236 g/mol. The molecule has 0 aliphatic heterocycles. The summed E-state index contributed by atoms with van der Waals surface area (Å²) in [6, 6.07) is 5.34. The van der Waals surface area contributed by atoms with Crippen LogP contribution in [0.4, 0.5) is 17.6 Å². The Labute approximate surface area is 87.9 Å². The zero-order valence-electron chi connectivity index (χ0n) is 7.18. The van der Waals surface area contributed by atoms with E-state index in [9.17, 15) is 17.6 Å². The van der Waals surface area contributed by atoms with Gasteiger partial charge in [0.05, 0.1) is 0 Å². The predicted octanol–water partition coefficient (Wildman–Crippen LogP) is 4.01. The minimum atomic E-state index is -4.94. The molecule has 15 heavy (non-hydrogen) atoms. The normalized spacial score (nSPS) is 13.4. The van der Waals surface area contributed by atoms with Crippen LogP contribution in [0.1, 0.15) is 0 Å². The molecule has 6 heteroatoms. The first kappa shape index (κ1) is 11.8. The lowest BCUT2D eigenvalue weighted by atomic mass is 10.3. The quantitative estimate of drug-likeness (QED) is 0.561. The number of alkyl halides is 3. The van der Waals surface area contributed by atoms with Crippen LogP contribution in [0.3, 0.4) is 0 Å². The maximum Gasteiger partial charge on any atom is 0.433 e. The van der Waals surface area contributed by atoms with Gasteiger partial charge >= 0.3 is 12.2 Å². The van der Waals surface area contributed by atoms with Crippen LogP contribution in [0.15, 0.2) is 41.4 Å². The van der Waals surface area contributed by atoms with E-state index in [1.165, 1.54) is 24.3 Å². The third-order valence-electron chi connectivity index (χ3n) is 1.37. The molecule has 1 aromatic carbocycles. The lowest BCUT2D eigenvalue weighted by Crippen LogP contribution is -2.10. The van der Waals surface area contributed by atoms with E-state index in [0.29, 0.717) is 0 Å². The molecule has 0 bridgehead atoms. The maximum absolute atomic E-state index is 12.8. The number of allylic oxidation sites excluding steroid dienone is 1. The van der Waals surface area contributed by atoms with Crippen molar-refractivity contribution in [1.29, 1.82) is 0 Å². The standard InChI is InChI=1S/C9H5ClF4O/c10-7(9(12,13)14)8(11)15-6-4-2-1-3-5-6/h1-5H. The Balaban J connectivity index is 2.84. The number of halogens is 5. The van der Waals surface area contributed by atoms with Crippen molar-refractivity contribution in [3.05, 3.63) is 41.4 Å². The van der Waals surface area contributed by atoms with Crippen molar-refractivity contribution in [3.8, 4) is 5.75 Å². The van der Waals surface area contributed by atoms with E-state index in [0.717, 1.165) is 0 Å². The number of benzene rings is 1. The van der Waals surface area contributed by atoms with Gasteiger partial charge in [-0.1, -0.05) is 29.8 Å². The molecule has 0 radical (unpaired) electrons. The average Bonchev–Trinajstić information content (AvgIpc) is 2.16. The van der Waals surface area contributed by atoms with Crippen molar-refractivity contribution < 1.29 is 22.3 Å². The fourth-order valence-electron chi connectivity index (χ4n) is 0.748. The fraction of sp³-hybridized carbons (Fsp3) is 0.111. The highest BCUT2D eigenvalue weighted by molar-refractivity contribution is 6.30. The maximum atomic E-state index is 12.8. The Hall–Kier alpha value is -1.23. The van der Waals surface area contributed by atoms with Crippen LogP contribution in [-0.2, 0) is 0 Å². The topological polar surface area (TPSA) is 9.23 Å². The molecule has 0 aliphatic rings. The number of ether oxygens (including phenoxy) is 1. The van der Waals surface area contributed by atoms with Crippen molar-refractivity contribution >= 4 is 11.6 Å². The molecule has 1 aromatic rings. The van der Waals surface area contributed by atoms with Gasteiger partial charge in [0.15, 0.2) is 5.03 Å². The summed E-state index contributed by atoms with van der Waals surface area (Å²) in [6.07, 6.45) is -4.94. The van der Waals surface area contributed by atoms with Crippen LogP contribution in [0.2, 0.25) is 0 Å². The SMILES string of the molecule is FC(Oc1ccccc1)=C(Cl)C(F)(F)F. The summed E-state index contributed by atoms with van der Waals surface area (Å²) in [5.74, 6) is -0.0580. The summed E-state index contributed by atoms with van der Waals surface area (Å²) in [5, 5.41) is -1.91. The van der Waals surface area contributed by atoms with Gasteiger partial charge < -0.3 is 4.74 Å².